The van der Waals surface area contributed by atoms with Gasteiger partial charge in [-0.15, -0.1) is 0 Å². The Balaban J connectivity index is 1.47. The topological polar surface area (TPSA) is 90.1 Å². The minimum atomic E-state index is -0.971. The number of fused-ring (bicyclic) bond motifs is 2. The monoisotopic (exact) mass is 508 g/mol. The summed E-state index contributed by atoms with van der Waals surface area (Å²) in [4.78, 5) is 24.2. The lowest BCUT2D eigenvalue weighted by molar-refractivity contribution is 0.0591. The first-order valence-electron chi connectivity index (χ1n) is 12.4. The maximum Gasteiger partial charge on any atom is 0.358 e. The predicted octanol–water partition coefficient (Wildman–Crippen LogP) is 6.27. The fourth-order valence-corrected chi connectivity index (χ4v) is 5.06. The van der Waals surface area contributed by atoms with Gasteiger partial charge in [0, 0.05) is 16.5 Å². The molecule has 7 heteroatoms. The third kappa shape index (κ3) is 4.59. The number of benzene rings is 3. The average molecular weight is 509 g/mol. The highest BCUT2D eigenvalue weighted by atomic mass is 16.5. The SMILES string of the molecule is COC(=O)c1nn2c(-c3c(C)cc(C(=O)O)cc3C)cccc2c1CCCOc1cccc2ccccc12. The molecule has 0 aliphatic carbocycles. The molecule has 0 radical (unpaired) electrons. The van der Waals surface area contributed by atoms with E-state index < -0.39 is 11.9 Å². The largest absolute Gasteiger partial charge is 0.493 e. The number of nitrogens with zero attached hydrogens (tertiary/aromatic N) is 2. The van der Waals surface area contributed by atoms with Crippen molar-refractivity contribution in [1.82, 2.24) is 9.61 Å². The van der Waals surface area contributed by atoms with Crippen LogP contribution in [-0.2, 0) is 11.2 Å². The normalized spacial score (nSPS) is 11.1. The van der Waals surface area contributed by atoms with E-state index in [9.17, 15) is 14.7 Å². The smallest absolute Gasteiger partial charge is 0.358 e. The van der Waals surface area contributed by atoms with E-state index in [1.54, 1.807) is 16.6 Å². The zero-order valence-electron chi connectivity index (χ0n) is 21.5. The van der Waals surface area contributed by atoms with Crippen LogP contribution in [0.4, 0.5) is 0 Å². The minimum Gasteiger partial charge on any atom is -0.493 e. The Bertz CT molecular complexity index is 1660. The molecular weight excluding hydrogens is 480 g/mol. The van der Waals surface area contributed by atoms with Gasteiger partial charge in [0.25, 0.3) is 0 Å². The zero-order valence-corrected chi connectivity index (χ0v) is 21.5. The Morgan fingerprint density at radius 2 is 1.66 bits per heavy atom. The quantitative estimate of drug-likeness (QED) is 0.196. The Labute approximate surface area is 220 Å². The molecule has 7 nitrogen and oxygen atoms in total. The Morgan fingerprint density at radius 1 is 0.947 bits per heavy atom. The van der Waals surface area contributed by atoms with Crippen LogP contribution in [0.3, 0.4) is 0 Å². The van der Waals surface area contributed by atoms with Crippen LogP contribution in [0, 0.1) is 13.8 Å². The molecule has 2 aromatic heterocycles. The third-order valence-electron chi connectivity index (χ3n) is 6.75. The molecule has 0 fully saturated rings. The van der Waals surface area contributed by atoms with Crippen LogP contribution in [0.5, 0.6) is 5.75 Å². The first-order valence-corrected chi connectivity index (χ1v) is 12.4. The summed E-state index contributed by atoms with van der Waals surface area (Å²) in [6.45, 7) is 4.23. The van der Waals surface area contributed by atoms with Gasteiger partial charge >= 0.3 is 11.9 Å². The molecule has 0 unspecified atom stereocenters. The Morgan fingerprint density at radius 3 is 2.39 bits per heavy atom. The molecule has 3 aromatic carbocycles. The van der Waals surface area contributed by atoms with E-state index in [0.717, 1.165) is 50.0 Å². The van der Waals surface area contributed by atoms with Crippen LogP contribution < -0.4 is 4.74 Å². The number of pyridine rings is 1. The fourth-order valence-electron chi connectivity index (χ4n) is 5.06. The van der Waals surface area contributed by atoms with E-state index in [1.807, 2.05) is 62.4 Å². The molecule has 0 atom stereocenters. The highest BCUT2D eigenvalue weighted by Crippen LogP contribution is 2.31. The Hall–Kier alpha value is -4.65. The van der Waals surface area contributed by atoms with Gasteiger partial charge in [-0.05, 0) is 73.5 Å². The molecule has 0 saturated carbocycles. The lowest BCUT2D eigenvalue weighted by Gasteiger charge is -2.13. The van der Waals surface area contributed by atoms with Crippen molar-refractivity contribution in [2.24, 2.45) is 0 Å². The molecule has 0 aliphatic heterocycles. The molecule has 0 bridgehead atoms. The molecule has 5 aromatic rings. The van der Waals surface area contributed by atoms with Crippen molar-refractivity contribution in [2.45, 2.75) is 26.7 Å². The number of aromatic nitrogens is 2. The highest BCUT2D eigenvalue weighted by molar-refractivity contribution is 5.93. The lowest BCUT2D eigenvalue weighted by Crippen LogP contribution is -2.07. The maximum absolute atomic E-state index is 12.7. The number of carbonyl (C=O) groups is 2. The fraction of sp³-hybridized carbons (Fsp3) is 0.194. The number of rotatable bonds is 8. The first kappa shape index (κ1) is 25.0. The van der Waals surface area contributed by atoms with Crippen molar-refractivity contribution >= 4 is 28.2 Å². The van der Waals surface area contributed by atoms with E-state index >= 15 is 0 Å². The van der Waals surface area contributed by atoms with Gasteiger partial charge in [-0.2, -0.15) is 5.10 Å². The van der Waals surface area contributed by atoms with Crippen LogP contribution >= 0.6 is 0 Å². The van der Waals surface area contributed by atoms with Gasteiger partial charge in [0.2, 0.25) is 0 Å². The van der Waals surface area contributed by atoms with E-state index in [1.165, 1.54) is 7.11 Å². The number of carboxylic acid groups (broad SMARTS) is 1. The molecule has 0 aliphatic rings. The molecule has 1 N–H and O–H groups in total. The zero-order chi connectivity index (χ0) is 26.8. The van der Waals surface area contributed by atoms with Crippen molar-refractivity contribution in [3.63, 3.8) is 0 Å². The molecule has 192 valence electrons. The summed E-state index contributed by atoms with van der Waals surface area (Å²) in [6, 6.07) is 23.2. The van der Waals surface area contributed by atoms with E-state index in [2.05, 4.69) is 17.2 Å². The number of ether oxygens (including phenoxy) is 2. The summed E-state index contributed by atoms with van der Waals surface area (Å²) in [7, 11) is 1.35. The first-order chi connectivity index (χ1) is 18.4. The van der Waals surface area contributed by atoms with Crippen LogP contribution in [0.2, 0.25) is 0 Å². The van der Waals surface area contributed by atoms with Gasteiger partial charge in [0.1, 0.15) is 5.75 Å². The molecule has 0 amide bonds. The second-order valence-electron chi connectivity index (χ2n) is 9.25. The van der Waals surface area contributed by atoms with Gasteiger partial charge < -0.3 is 14.6 Å². The van der Waals surface area contributed by atoms with Crippen molar-refractivity contribution < 1.29 is 24.2 Å². The number of aryl methyl sites for hydroxylation is 3. The summed E-state index contributed by atoms with van der Waals surface area (Å²) in [5.74, 6) is -0.644. The number of methoxy groups -OCH3 is 1. The molecule has 0 saturated heterocycles. The van der Waals surface area contributed by atoms with Crippen molar-refractivity contribution in [2.75, 3.05) is 13.7 Å². The standard InChI is InChI=1S/C31H28N2O5/c1-19-17-22(30(34)35)18-20(2)28(19)26-14-7-13-25-24(29(31(36)37-3)32-33(25)26)12-8-16-38-27-15-6-10-21-9-4-5-11-23(21)27/h4-7,9-11,13-15,17-18H,8,12,16H2,1-3H3,(H,34,35). The van der Waals surface area contributed by atoms with Crippen molar-refractivity contribution in [3.05, 3.63) is 101 Å². The van der Waals surface area contributed by atoms with Gasteiger partial charge in [-0.25, -0.2) is 14.1 Å². The number of carboxylic acids is 1. The second kappa shape index (κ2) is 10.4. The molecule has 0 spiro atoms. The van der Waals surface area contributed by atoms with Gasteiger partial charge in [0.15, 0.2) is 5.69 Å². The summed E-state index contributed by atoms with van der Waals surface area (Å²) >= 11 is 0. The predicted molar refractivity (Wildman–Crippen MR) is 146 cm³/mol. The van der Waals surface area contributed by atoms with E-state index in [-0.39, 0.29) is 11.3 Å². The van der Waals surface area contributed by atoms with Gasteiger partial charge in [0.05, 0.1) is 30.5 Å². The highest BCUT2D eigenvalue weighted by Gasteiger charge is 2.22. The van der Waals surface area contributed by atoms with Gasteiger partial charge in [-0.1, -0.05) is 42.5 Å². The molecule has 2 heterocycles. The van der Waals surface area contributed by atoms with Gasteiger partial charge in [-0.3, -0.25) is 0 Å². The van der Waals surface area contributed by atoms with Crippen LogP contribution in [0.25, 0.3) is 27.5 Å². The molecule has 5 rings (SSSR count). The maximum atomic E-state index is 12.7. The van der Waals surface area contributed by atoms with E-state index in [0.29, 0.717) is 19.4 Å². The Kier molecular flexibility index (Phi) is 6.83. The number of carbonyl (C=O) groups excluding carboxylic acids is 1. The summed E-state index contributed by atoms with van der Waals surface area (Å²) in [5, 5.41) is 16.3. The lowest BCUT2D eigenvalue weighted by atomic mass is 9.96. The average Bonchev–Trinajstić information content (AvgIpc) is 3.29. The van der Waals surface area contributed by atoms with Crippen LogP contribution in [0.1, 0.15) is 44.0 Å². The summed E-state index contributed by atoms with van der Waals surface area (Å²) in [5.41, 5.74) is 5.38. The second-order valence-corrected chi connectivity index (χ2v) is 9.25. The summed E-state index contributed by atoms with van der Waals surface area (Å²) in [6.07, 6.45) is 1.24. The number of aromatic carboxylic acids is 1. The minimum absolute atomic E-state index is 0.235. The third-order valence-corrected chi connectivity index (χ3v) is 6.75. The van der Waals surface area contributed by atoms with Crippen molar-refractivity contribution in [1.29, 1.82) is 0 Å². The number of hydrogen-bond acceptors (Lipinski definition) is 5. The van der Waals surface area contributed by atoms with E-state index in [4.69, 9.17) is 9.47 Å². The van der Waals surface area contributed by atoms with Crippen molar-refractivity contribution in [3.8, 4) is 17.0 Å². The number of hydrogen-bond donors (Lipinski definition) is 1. The molecule has 38 heavy (non-hydrogen) atoms. The summed E-state index contributed by atoms with van der Waals surface area (Å²) < 4.78 is 12.9. The molecular formula is C31H28N2O5. The number of esters is 1. The van der Waals surface area contributed by atoms with Crippen LogP contribution in [-0.4, -0.2) is 40.4 Å². The van der Waals surface area contributed by atoms with Crippen LogP contribution in [0.15, 0.2) is 72.8 Å².